The maximum Gasteiger partial charge on any atom is 0.242 e. The van der Waals surface area contributed by atoms with E-state index in [0.29, 0.717) is 25.1 Å². The maximum absolute atomic E-state index is 13.2. The third-order valence-corrected chi connectivity index (χ3v) is 5.61. The van der Waals surface area contributed by atoms with Gasteiger partial charge < -0.3 is 10.2 Å². The Balaban J connectivity index is 2.02. The first-order valence-corrected chi connectivity index (χ1v) is 11.1. The third-order valence-electron chi connectivity index (χ3n) is 4.57. The average Bonchev–Trinajstić information content (AvgIpc) is 2.73. The Morgan fingerprint density at radius 3 is 2.34 bits per heavy atom. The van der Waals surface area contributed by atoms with Crippen molar-refractivity contribution in [1.29, 1.82) is 0 Å². The Hall–Kier alpha value is -2.34. The highest BCUT2D eigenvalue weighted by atomic mass is 32.2. The van der Waals surface area contributed by atoms with E-state index < -0.39 is 6.04 Å². The minimum Gasteiger partial charge on any atom is -0.355 e. The van der Waals surface area contributed by atoms with Gasteiger partial charge in [0.05, 0.1) is 0 Å². The molecule has 0 aliphatic rings. The van der Waals surface area contributed by atoms with Crippen LogP contribution < -0.4 is 5.32 Å². The zero-order valence-electron chi connectivity index (χ0n) is 17.1. The van der Waals surface area contributed by atoms with Crippen LogP contribution in [0, 0.1) is 5.82 Å². The molecule has 2 amide bonds. The summed E-state index contributed by atoms with van der Waals surface area (Å²) in [4.78, 5) is 27.1. The van der Waals surface area contributed by atoms with Crippen molar-refractivity contribution in [3.8, 4) is 0 Å². The van der Waals surface area contributed by atoms with Gasteiger partial charge in [0.2, 0.25) is 11.8 Å². The SMILES string of the molecule is CCNC(=O)C(CC)N(Cc1ccc(F)cc1)C(=O)CCSCc1ccccc1. The van der Waals surface area contributed by atoms with Crippen LogP contribution >= 0.6 is 11.8 Å². The number of nitrogens with one attached hydrogen (secondary N) is 1. The van der Waals surface area contributed by atoms with Gasteiger partial charge in [-0.15, -0.1) is 0 Å². The largest absolute Gasteiger partial charge is 0.355 e. The lowest BCUT2D eigenvalue weighted by atomic mass is 10.1. The second-order valence-electron chi connectivity index (χ2n) is 6.75. The monoisotopic (exact) mass is 416 g/mol. The first-order chi connectivity index (χ1) is 14.0. The Kier molecular flexibility index (Phi) is 9.71. The molecule has 2 aromatic carbocycles. The summed E-state index contributed by atoms with van der Waals surface area (Å²) in [6.07, 6.45) is 0.879. The zero-order chi connectivity index (χ0) is 21.1. The van der Waals surface area contributed by atoms with Gasteiger partial charge in [0, 0.05) is 31.0 Å². The number of amides is 2. The molecule has 156 valence electrons. The van der Waals surface area contributed by atoms with E-state index in [1.54, 1.807) is 28.8 Å². The van der Waals surface area contributed by atoms with Crippen LogP contribution in [-0.4, -0.2) is 35.1 Å². The summed E-state index contributed by atoms with van der Waals surface area (Å²) < 4.78 is 13.2. The first kappa shape index (κ1) is 22.9. The number of carbonyl (C=O) groups is 2. The summed E-state index contributed by atoms with van der Waals surface area (Å²) >= 11 is 1.70. The van der Waals surface area contributed by atoms with Gasteiger partial charge in [0.15, 0.2) is 0 Å². The first-order valence-electron chi connectivity index (χ1n) is 9.98. The summed E-state index contributed by atoms with van der Waals surface area (Å²) in [5, 5.41) is 2.82. The van der Waals surface area contributed by atoms with E-state index in [4.69, 9.17) is 0 Å². The number of likely N-dealkylation sites (N-methyl/N-ethyl adjacent to an activating group) is 1. The number of nitrogens with zero attached hydrogens (tertiary/aromatic N) is 1. The van der Waals surface area contributed by atoms with Crippen molar-refractivity contribution in [2.75, 3.05) is 12.3 Å². The van der Waals surface area contributed by atoms with Crippen molar-refractivity contribution >= 4 is 23.6 Å². The van der Waals surface area contributed by atoms with Crippen LogP contribution in [0.5, 0.6) is 0 Å². The molecular weight excluding hydrogens is 387 g/mol. The molecule has 1 atom stereocenters. The van der Waals surface area contributed by atoms with Gasteiger partial charge in [0.25, 0.3) is 0 Å². The molecule has 2 aromatic rings. The summed E-state index contributed by atoms with van der Waals surface area (Å²) in [5.41, 5.74) is 2.03. The van der Waals surface area contributed by atoms with E-state index in [2.05, 4.69) is 17.4 Å². The molecule has 1 unspecified atom stereocenters. The van der Waals surface area contributed by atoms with Crippen molar-refractivity contribution in [2.45, 2.75) is 45.0 Å². The van der Waals surface area contributed by atoms with E-state index in [0.717, 1.165) is 11.3 Å². The van der Waals surface area contributed by atoms with Gasteiger partial charge >= 0.3 is 0 Å². The smallest absolute Gasteiger partial charge is 0.242 e. The summed E-state index contributed by atoms with van der Waals surface area (Å²) in [6.45, 7) is 4.56. The lowest BCUT2D eigenvalue weighted by molar-refractivity contribution is -0.141. The minimum absolute atomic E-state index is 0.0620. The van der Waals surface area contributed by atoms with Crippen LogP contribution in [0.3, 0.4) is 0 Å². The van der Waals surface area contributed by atoms with Gasteiger partial charge in [-0.05, 0) is 36.6 Å². The fourth-order valence-electron chi connectivity index (χ4n) is 3.07. The van der Waals surface area contributed by atoms with E-state index >= 15 is 0 Å². The molecule has 0 radical (unpaired) electrons. The number of thioether (sulfide) groups is 1. The quantitative estimate of drug-likeness (QED) is 0.553. The summed E-state index contributed by atoms with van der Waals surface area (Å²) in [7, 11) is 0. The van der Waals surface area contributed by atoms with Crippen molar-refractivity contribution in [2.24, 2.45) is 0 Å². The van der Waals surface area contributed by atoms with Crippen LogP contribution in [0.2, 0.25) is 0 Å². The Morgan fingerprint density at radius 1 is 1.03 bits per heavy atom. The predicted molar refractivity (Wildman–Crippen MR) is 117 cm³/mol. The number of hydrogen-bond acceptors (Lipinski definition) is 3. The van der Waals surface area contributed by atoms with E-state index in [-0.39, 0.29) is 24.2 Å². The highest BCUT2D eigenvalue weighted by molar-refractivity contribution is 7.98. The highest BCUT2D eigenvalue weighted by Gasteiger charge is 2.27. The number of hydrogen-bond donors (Lipinski definition) is 1. The molecular formula is C23H29FN2O2S. The van der Waals surface area contributed by atoms with Gasteiger partial charge in [-0.3, -0.25) is 9.59 Å². The van der Waals surface area contributed by atoms with Crippen molar-refractivity contribution in [3.63, 3.8) is 0 Å². The van der Waals surface area contributed by atoms with Crippen LogP contribution in [0.25, 0.3) is 0 Å². The fourth-order valence-corrected chi connectivity index (χ4v) is 3.96. The second-order valence-corrected chi connectivity index (χ2v) is 7.86. The Morgan fingerprint density at radius 2 is 1.72 bits per heavy atom. The molecule has 0 aliphatic carbocycles. The molecule has 0 aromatic heterocycles. The van der Waals surface area contributed by atoms with Gasteiger partial charge in [-0.25, -0.2) is 4.39 Å². The Labute approximate surface area is 176 Å². The average molecular weight is 417 g/mol. The van der Waals surface area contributed by atoms with Crippen molar-refractivity contribution in [3.05, 3.63) is 71.5 Å². The zero-order valence-corrected chi connectivity index (χ0v) is 17.9. The standard InChI is InChI=1S/C23H29FN2O2S/c1-3-21(23(28)25-4-2)26(16-18-10-12-20(24)13-11-18)22(27)14-15-29-17-19-8-6-5-7-9-19/h5-13,21H,3-4,14-17H2,1-2H3,(H,25,28). The number of rotatable bonds is 11. The number of carbonyl (C=O) groups excluding carboxylic acids is 2. The molecule has 6 heteroatoms. The normalized spacial score (nSPS) is 11.7. The van der Waals surface area contributed by atoms with Gasteiger partial charge in [0.1, 0.15) is 11.9 Å². The van der Waals surface area contributed by atoms with Crippen molar-refractivity contribution < 1.29 is 14.0 Å². The van der Waals surface area contributed by atoms with E-state index in [1.165, 1.54) is 17.7 Å². The van der Waals surface area contributed by atoms with Crippen LogP contribution in [0.4, 0.5) is 4.39 Å². The fraction of sp³-hybridized carbons (Fsp3) is 0.391. The lowest BCUT2D eigenvalue weighted by Gasteiger charge is -2.30. The predicted octanol–water partition coefficient (Wildman–Crippen LogP) is 4.39. The number of halogens is 1. The third kappa shape index (κ3) is 7.54. The molecule has 0 aliphatic heterocycles. The number of benzene rings is 2. The minimum atomic E-state index is -0.536. The van der Waals surface area contributed by atoms with Crippen LogP contribution in [0.15, 0.2) is 54.6 Å². The summed E-state index contributed by atoms with van der Waals surface area (Å²) in [6, 6.07) is 15.7. The lowest BCUT2D eigenvalue weighted by Crippen LogP contribution is -2.49. The van der Waals surface area contributed by atoms with Gasteiger partial charge in [-0.1, -0.05) is 49.4 Å². The molecule has 0 saturated carbocycles. The van der Waals surface area contributed by atoms with Gasteiger partial charge in [-0.2, -0.15) is 11.8 Å². The molecule has 4 nitrogen and oxygen atoms in total. The van der Waals surface area contributed by atoms with Crippen molar-refractivity contribution in [1.82, 2.24) is 10.2 Å². The summed E-state index contributed by atoms with van der Waals surface area (Å²) in [5.74, 6) is 0.995. The maximum atomic E-state index is 13.2. The molecule has 29 heavy (non-hydrogen) atoms. The highest BCUT2D eigenvalue weighted by Crippen LogP contribution is 2.17. The molecule has 0 heterocycles. The van der Waals surface area contributed by atoms with E-state index in [1.807, 2.05) is 32.0 Å². The van der Waals surface area contributed by atoms with E-state index in [9.17, 15) is 14.0 Å². The topological polar surface area (TPSA) is 49.4 Å². The molecule has 0 bridgehead atoms. The molecule has 0 fully saturated rings. The molecule has 1 N–H and O–H groups in total. The second kappa shape index (κ2) is 12.3. The van der Waals surface area contributed by atoms with Crippen LogP contribution in [-0.2, 0) is 21.9 Å². The Bertz CT molecular complexity index is 768. The molecule has 0 spiro atoms. The molecule has 2 rings (SSSR count). The van der Waals surface area contributed by atoms with Crippen LogP contribution in [0.1, 0.15) is 37.8 Å². The molecule has 0 saturated heterocycles.